The normalized spacial score (nSPS) is 12.5. The molecule has 1 aromatic carbocycles. The SMILES string of the molecule is C=CC(C)c1cccc(CO)c1. The van der Waals surface area contributed by atoms with Gasteiger partial charge in [0.25, 0.3) is 0 Å². The molecule has 1 unspecified atom stereocenters. The van der Waals surface area contributed by atoms with Crippen LogP contribution in [0.25, 0.3) is 0 Å². The zero-order valence-corrected chi connectivity index (χ0v) is 7.33. The van der Waals surface area contributed by atoms with E-state index in [1.165, 1.54) is 5.56 Å². The van der Waals surface area contributed by atoms with Crippen LogP contribution in [0.5, 0.6) is 0 Å². The standard InChI is InChI=1S/C11H14O/c1-3-9(2)11-6-4-5-10(7-11)8-12/h3-7,9,12H,1,8H2,2H3. The van der Waals surface area contributed by atoms with Crippen molar-refractivity contribution >= 4 is 0 Å². The van der Waals surface area contributed by atoms with E-state index < -0.39 is 0 Å². The molecule has 0 aliphatic heterocycles. The predicted molar refractivity (Wildman–Crippen MR) is 51.0 cm³/mol. The molecule has 1 nitrogen and oxygen atoms in total. The van der Waals surface area contributed by atoms with Crippen LogP contribution in [-0.4, -0.2) is 5.11 Å². The maximum atomic E-state index is 8.89. The third-order valence-corrected chi connectivity index (χ3v) is 2.01. The van der Waals surface area contributed by atoms with Crippen molar-refractivity contribution < 1.29 is 5.11 Å². The fraction of sp³-hybridized carbons (Fsp3) is 0.273. The lowest BCUT2D eigenvalue weighted by molar-refractivity contribution is 0.281. The van der Waals surface area contributed by atoms with Crippen molar-refractivity contribution in [1.29, 1.82) is 0 Å². The maximum Gasteiger partial charge on any atom is 0.0681 e. The smallest absolute Gasteiger partial charge is 0.0681 e. The van der Waals surface area contributed by atoms with Crippen LogP contribution in [0.2, 0.25) is 0 Å². The third-order valence-electron chi connectivity index (χ3n) is 2.01. The number of rotatable bonds is 3. The number of hydrogen-bond acceptors (Lipinski definition) is 1. The Balaban J connectivity index is 2.93. The Morgan fingerprint density at radius 1 is 1.58 bits per heavy atom. The van der Waals surface area contributed by atoms with Crippen LogP contribution in [0.3, 0.4) is 0 Å². The minimum Gasteiger partial charge on any atom is -0.392 e. The highest BCUT2D eigenvalue weighted by Crippen LogP contribution is 2.16. The Kier molecular flexibility index (Phi) is 3.06. The Hall–Kier alpha value is -1.08. The van der Waals surface area contributed by atoms with Crippen molar-refractivity contribution in [3.63, 3.8) is 0 Å². The molecule has 0 radical (unpaired) electrons. The van der Waals surface area contributed by atoms with Gasteiger partial charge in [-0.05, 0) is 17.0 Å². The fourth-order valence-electron chi connectivity index (χ4n) is 1.11. The maximum absolute atomic E-state index is 8.89. The van der Waals surface area contributed by atoms with E-state index in [4.69, 9.17) is 5.11 Å². The van der Waals surface area contributed by atoms with E-state index in [0.29, 0.717) is 5.92 Å². The molecule has 0 saturated carbocycles. The van der Waals surface area contributed by atoms with Gasteiger partial charge >= 0.3 is 0 Å². The molecule has 12 heavy (non-hydrogen) atoms. The monoisotopic (exact) mass is 162 g/mol. The first-order chi connectivity index (χ1) is 5.77. The summed E-state index contributed by atoms with van der Waals surface area (Å²) in [6.07, 6.45) is 1.90. The lowest BCUT2D eigenvalue weighted by Crippen LogP contribution is -1.90. The van der Waals surface area contributed by atoms with Gasteiger partial charge in [-0.2, -0.15) is 0 Å². The zero-order valence-electron chi connectivity index (χ0n) is 7.33. The molecule has 64 valence electrons. The molecule has 1 heteroatoms. The molecular formula is C11H14O. The van der Waals surface area contributed by atoms with Crippen molar-refractivity contribution in [1.82, 2.24) is 0 Å². The Labute approximate surface area is 73.4 Å². The minimum absolute atomic E-state index is 0.109. The predicted octanol–water partition coefficient (Wildman–Crippen LogP) is 2.47. The summed E-state index contributed by atoms with van der Waals surface area (Å²) in [5, 5.41) is 8.89. The van der Waals surface area contributed by atoms with Gasteiger partial charge in [-0.3, -0.25) is 0 Å². The number of benzene rings is 1. The summed E-state index contributed by atoms with van der Waals surface area (Å²) in [6, 6.07) is 7.93. The van der Waals surface area contributed by atoms with Gasteiger partial charge in [0.15, 0.2) is 0 Å². The Morgan fingerprint density at radius 2 is 2.33 bits per heavy atom. The topological polar surface area (TPSA) is 20.2 Å². The van der Waals surface area contributed by atoms with E-state index in [2.05, 4.69) is 13.5 Å². The van der Waals surface area contributed by atoms with Gasteiger partial charge in [0, 0.05) is 0 Å². The molecule has 1 rings (SSSR count). The van der Waals surface area contributed by atoms with Crippen molar-refractivity contribution in [2.45, 2.75) is 19.4 Å². The summed E-state index contributed by atoms with van der Waals surface area (Å²) >= 11 is 0. The summed E-state index contributed by atoms with van der Waals surface area (Å²) < 4.78 is 0. The molecule has 0 aliphatic rings. The van der Waals surface area contributed by atoms with Gasteiger partial charge in [-0.1, -0.05) is 37.3 Å². The van der Waals surface area contributed by atoms with E-state index in [1.807, 2.05) is 30.3 Å². The number of aliphatic hydroxyl groups excluding tert-OH is 1. The highest BCUT2D eigenvalue weighted by atomic mass is 16.3. The number of allylic oxidation sites excluding steroid dienone is 1. The van der Waals surface area contributed by atoms with Gasteiger partial charge < -0.3 is 5.11 Å². The van der Waals surface area contributed by atoms with Crippen LogP contribution in [0.15, 0.2) is 36.9 Å². The molecule has 1 N–H and O–H groups in total. The zero-order chi connectivity index (χ0) is 8.97. The highest BCUT2D eigenvalue weighted by molar-refractivity contribution is 5.27. The summed E-state index contributed by atoms with van der Waals surface area (Å²) in [6.45, 7) is 5.93. The molecule has 0 amide bonds. The van der Waals surface area contributed by atoms with E-state index >= 15 is 0 Å². The summed E-state index contributed by atoms with van der Waals surface area (Å²) in [7, 11) is 0. The van der Waals surface area contributed by atoms with Crippen LogP contribution in [0.4, 0.5) is 0 Å². The summed E-state index contributed by atoms with van der Waals surface area (Å²) in [4.78, 5) is 0. The van der Waals surface area contributed by atoms with Crippen LogP contribution < -0.4 is 0 Å². The average molecular weight is 162 g/mol. The fourth-order valence-corrected chi connectivity index (χ4v) is 1.11. The first-order valence-corrected chi connectivity index (χ1v) is 4.10. The molecule has 1 atom stereocenters. The summed E-state index contributed by atoms with van der Waals surface area (Å²) in [5.74, 6) is 0.358. The van der Waals surface area contributed by atoms with Gasteiger partial charge in [0.05, 0.1) is 6.61 Å². The second kappa shape index (κ2) is 4.07. The molecule has 0 bridgehead atoms. The number of aliphatic hydroxyl groups is 1. The Bertz CT molecular complexity index is 265. The van der Waals surface area contributed by atoms with Gasteiger partial charge in [-0.15, -0.1) is 6.58 Å². The molecule has 0 spiro atoms. The molecule has 0 aromatic heterocycles. The van der Waals surface area contributed by atoms with E-state index in [9.17, 15) is 0 Å². The second-order valence-corrected chi connectivity index (χ2v) is 2.93. The largest absolute Gasteiger partial charge is 0.392 e. The molecule has 0 saturated heterocycles. The van der Waals surface area contributed by atoms with Crippen molar-refractivity contribution in [2.24, 2.45) is 0 Å². The van der Waals surface area contributed by atoms with E-state index in [-0.39, 0.29) is 6.61 Å². The Morgan fingerprint density at radius 3 is 2.92 bits per heavy atom. The van der Waals surface area contributed by atoms with Crippen molar-refractivity contribution in [3.8, 4) is 0 Å². The number of hydrogen-bond donors (Lipinski definition) is 1. The lowest BCUT2D eigenvalue weighted by atomic mass is 10.00. The third kappa shape index (κ3) is 1.95. The second-order valence-electron chi connectivity index (χ2n) is 2.93. The summed E-state index contributed by atoms with van der Waals surface area (Å²) in [5.41, 5.74) is 2.16. The highest BCUT2D eigenvalue weighted by Gasteiger charge is 2.00. The molecule has 0 fully saturated rings. The van der Waals surface area contributed by atoms with Crippen molar-refractivity contribution in [2.75, 3.05) is 0 Å². The van der Waals surface area contributed by atoms with E-state index in [1.54, 1.807) is 0 Å². The van der Waals surface area contributed by atoms with Crippen molar-refractivity contribution in [3.05, 3.63) is 48.0 Å². The van der Waals surface area contributed by atoms with Crippen LogP contribution >= 0.6 is 0 Å². The minimum atomic E-state index is 0.109. The first kappa shape index (κ1) is 9.01. The first-order valence-electron chi connectivity index (χ1n) is 4.10. The van der Waals surface area contributed by atoms with E-state index in [0.717, 1.165) is 5.56 Å². The molecule has 0 aliphatic carbocycles. The van der Waals surface area contributed by atoms with Gasteiger partial charge in [-0.25, -0.2) is 0 Å². The van der Waals surface area contributed by atoms with Gasteiger partial charge in [0.1, 0.15) is 0 Å². The molecule has 1 aromatic rings. The lowest BCUT2D eigenvalue weighted by Gasteiger charge is -2.06. The molecular weight excluding hydrogens is 148 g/mol. The van der Waals surface area contributed by atoms with Crippen LogP contribution in [-0.2, 0) is 6.61 Å². The van der Waals surface area contributed by atoms with Crippen LogP contribution in [0, 0.1) is 0 Å². The quantitative estimate of drug-likeness (QED) is 0.677. The van der Waals surface area contributed by atoms with Gasteiger partial charge in [0.2, 0.25) is 0 Å². The molecule has 0 heterocycles. The van der Waals surface area contributed by atoms with Crippen LogP contribution in [0.1, 0.15) is 24.0 Å². The average Bonchev–Trinajstić information content (AvgIpc) is 2.17.